The maximum atomic E-state index is 13.2. The minimum atomic E-state index is -3.80. The van der Waals surface area contributed by atoms with Gasteiger partial charge in [-0.3, -0.25) is 4.79 Å². The van der Waals surface area contributed by atoms with Crippen LogP contribution in [0.1, 0.15) is 24.5 Å². The summed E-state index contributed by atoms with van der Waals surface area (Å²) in [4.78, 5) is 12.9. The molecule has 174 valence electrons. The van der Waals surface area contributed by atoms with Gasteiger partial charge in [0.05, 0.1) is 20.3 Å². The molecule has 0 radical (unpaired) electrons. The van der Waals surface area contributed by atoms with E-state index in [1.165, 1.54) is 23.5 Å². The van der Waals surface area contributed by atoms with Crippen molar-refractivity contribution in [1.82, 2.24) is 4.31 Å². The predicted octanol–water partition coefficient (Wildman–Crippen LogP) is 3.13. The van der Waals surface area contributed by atoms with E-state index in [2.05, 4.69) is 5.32 Å². The predicted molar refractivity (Wildman–Crippen MR) is 122 cm³/mol. The maximum Gasteiger partial charge on any atom is 0.265 e. The van der Waals surface area contributed by atoms with Crippen LogP contribution in [0.5, 0.6) is 11.5 Å². The van der Waals surface area contributed by atoms with E-state index in [4.69, 9.17) is 14.2 Å². The van der Waals surface area contributed by atoms with Gasteiger partial charge in [0.1, 0.15) is 16.4 Å². The molecule has 8 nitrogen and oxygen atoms in total. The first-order valence-corrected chi connectivity index (χ1v) is 12.0. The fourth-order valence-corrected chi connectivity index (χ4v) is 5.02. The molecule has 0 spiro atoms. The van der Waals surface area contributed by atoms with Crippen molar-refractivity contribution in [2.45, 2.75) is 38.2 Å². The lowest BCUT2D eigenvalue weighted by Crippen LogP contribution is -2.40. The molecule has 1 fully saturated rings. The van der Waals surface area contributed by atoms with Gasteiger partial charge in [-0.25, -0.2) is 8.42 Å². The van der Waals surface area contributed by atoms with Crippen molar-refractivity contribution in [3.05, 3.63) is 47.5 Å². The first kappa shape index (κ1) is 24.0. The molecule has 1 amide bonds. The Kier molecular flexibility index (Phi) is 7.76. The van der Waals surface area contributed by atoms with Crippen molar-refractivity contribution in [1.29, 1.82) is 0 Å². The molecule has 1 saturated heterocycles. The van der Waals surface area contributed by atoms with Crippen molar-refractivity contribution in [3.8, 4) is 11.5 Å². The summed E-state index contributed by atoms with van der Waals surface area (Å²) in [6.45, 7) is 7.00. The second-order valence-corrected chi connectivity index (χ2v) is 9.49. The van der Waals surface area contributed by atoms with Gasteiger partial charge in [-0.2, -0.15) is 4.31 Å². The number of amides is 1. The van der Waals surface area contributed by atoms with Crippen molar-refractivity contribution in [3.63, 3.8) is 0 Å². The zero-order valence-corrected chi connectivity index (χ0v) is 19.7. The summed E-state index contributed by atoms with van der Waals surface area (Å²) in [5.41, 5.74) is 2.40. The Hall–Kier alpha value is -2.62. The molecular weight excluding hydrogens is 432 g/mol. The normalized spacial score (nSPS) is 15.8. The molecule has 0 aliphatic carbocycles. The lowest BCUT2D eigenvalue weighted by atomic mass is 10.1. The minimum Gasteiger partial charge on any atom is -0.495 e. The van der Waals surface area contributed by atoms with Crippen LogP contribution in [0.3, 0.4) is 0 Å². The highest BCUT2D eigenvalue weighted by Crippen LogP contribution is 2.30. The van der Waals surface area contributed by atoms with Crippen molar-refractivity contribution in [2.24, 2.45) is 0 Å². The molecule has 0 saturated carbocycles. The lowest BCUT2D eigenvalue weighted by Gasteiger charge is -2.27. The Bertz CT molecular complexity index is 1060. The number of carbonyl (C=O) groups is 1. The number of sulfonamides is 1. The molecule has 9 heteroatoms. The lowest BCUT2D eigenvalue weighted by molar-refractivity contribution is -0.122. The highest BCUT2D eigenvalue weighted by molar-refractivity contribution is 7.89. The van der Waals surface area contributed by atoms with Crippen LogP contribution >= 0.6 is 0 Å². The van der Waals surface area contributed by atoms with Gasteiger partial charge in [0, 0.05) is 18.8 Å². The van der Waals surface area contributed by atoms with Crippen LogP contribution in [-0.4, -0.2) is 58.1 Å². The van der Waals surface area contributed by atoms with E-state index in [9.17, 15) is 13.2 Å². The molecular formula is C23H30N2O6S. The number of aryl methyl sites for hydroxylation is 1. The Morgan fingerprint density at radius 3 is 2.53 bits per heavy atom. The van der Waals surface area contributed by atoms with Crippen LogP contribution in [0.2, 0.25) is 0 Å². The van der Waals surface area contributed by atoms with Crippen LogP contribution in [0.25, 0.3) is 0 Å². The summed E-state index contributed by atoms with van der Waals surface area (Å²) in [6, 6.07) is 10.3. The van der Waals surface area contributed by atoms with Gasteiger partial charge in [-0.15, -0.1) is 0 Å². The monoisotopic (exact) mass is 462 g/mol. The average molecular weight is 463 g/mol. The second-order valence-electron chi connectivity index (χ2n) is 7.58. The van der Waals surface area contributed by atoms with E-state index in [1.54, 1.807) is 6.07 Å². The molecule has 1 heterocycles. The highest BCUT2D eigenvalue weighted by atomic mass is 32.2. The zero-order chi connectivity index (χ0) is 23.3. The number of ether oxygens (including phenoxy) is 3. The number of benzene rings is 2. The van der Waals surface area contributed by atoms with Crippen LogP contribution in [0.4, 0.5) is 5.69 Å². The largest absolute Gasteiger partial charge is 0.495 e. The molecule has 0 unspecified atom stereocenters. The zero-order valence-electron chi connectivity index (χ0n) is 18.9. The maximum absolute atomic E-state index is 13.2. The number of hydrogen-bond donors (Lipinski definition) is 1. The molecule has 2 aromatic carbocycles. The molecule has 1 aliphatic heterocycles. The Labute approximate surface area is 189 Å². The van der Waals surface area contributed by atoms with E-state index in [-0.39, 0.29) is 29.6 Å². The Balaban J connectivity index is 1.82. The van der Waals surface area contributed by atoms with E-state index < -0.39 is 16.1 Å². The van der Waals surface area contributed by atoms with Gasteiger partial charge in [0.25, 0.3) is 5.91 Å². The molecule has 1 aliphatic rings. The summed E-state index contributed by atoms with van der Waals surface area (Å²) >= 11 is 0. The van der Waals surface area contributed by atoms with Gasteiger partial charge >= 0.3 is 0 Å². The summed E-state index contributed by atoms with van der Waals surface area (Å²) in [6.07, 6.45) is -0.272. The Morgan fingerprint density at radius 2 is 1.88 bits per heavy atom. The highest BCUT2D eigenvalue weighted by Gasteiger charge is 2.30. The first-order valence-electron chi connectivity index (χ1n) is 10.6. The van der Waals surface area contributed by atoms with Crippen molar-refractivity contribution >= 4 is 21.6 Å². The van der Waals surface area contributed by atoms with Crippen molar-refractivity contribution < 1.29 is 27.4 Å². The number of anilines is 1. The fourth-order valence-electron chi connectivity index (χ4n) is 3.43. The molecule has 1 atom stereocenters. The number of nitrogens with one attached hydrogen (secondary N) is 1. The Morgan fingerprint density at radius 1 is 1.16 bits per heavy atom. The van der Waals surface area contributed by atoms with Gasteiger partial charge in [-0.05, 0) is 55.7 Å². The third-order valence-electron chi connectivity index (χ3n) is 5.51. The summed E-state index contributed by atoms with van der Waals surface area (Å²) in [7, 11) is -2.39. The molecule has 1 N–H and O–H groups in total. The van der Waals surface area contributed by atoms with E-state index in [0.29, 0.717) is 31.1 Å². The van der Waals surface area contributed by atoms with Gasteiger partial charge in [-0.1, -0.05) is 19.1 Å². The third kappa shape index (κ3) is 5.23. The minimum absolute atomic E-state index is 0.00296. The number of morpholine rings is 1. The van der Waals surface area contributed by atoms with Gasteiger partial charge < -0.3 is 19.5 Å². The van der Waals surface area contributed by atoms with Crippen LogP contribution in [0, 0.1) is 13.8 Å². The third-order valence-corrected chi connectivity index (χ3v) is 7.43. The molecule has 0 aromatic heterocycles. The first-order chi connectivity index (χ1) is 15.3. The number of carbonyl (C=O) groups excluding carboxylic acids is 1. The summed E-state index contributed by atoms with van der Waals surface area (Å²) in [5.74, 6) is 0.513. The molecule has 0 bridgehead atoms. The fraction of sp³-hybridized carbons (Fsp3) is 0.435. The molecule has 3 rings (SSSR count). The van der Waals surface area contributed by atoms with E-state index in [0.717, 1.165) is 11.1 Å². The second kappa shape index (κ2) is 10.3. The van der Waals surface area contributed by atoms with E-state index in [1.807, 2.05) is 39.0 Å². The quantitative estimate of drug-likeness (QED) is 0.648. The average Bonchev–Trinajstić information content (AvgIpc) is 2.80. The summed E-state index contributed by atoms with van der Waals surface area (Å²) < 4.78 is 44.2. The number of nitrogens with zero attached hydrogens (tertiary/aromatic N) is 1. The van der Waals surface area contributed by atoms with Crippen LogP contribution in [-0.2, 0) is 19.6 Å². The summed E-state index contributed by atoms with van der Waals surface area (Å²) in [5, 5.41) is 2.79. The number of hydrogen-bond acceptors (Lipinski definition) is 6. The molecule has 32 heavy (non-hydrogen) atoms. The van der Waals surface area contributed by atoms with E-state index >= 15 is 0 Å². The molecule has 2 aromatic rings. The SMILES string of the molecule is CC[C@H](Oc1cccc(C)c1C)C(=O)Nc1ccc(OC)c(S(=O)(=O)N2CCOCC2)c1. The standard InChI is InChI=1S/C23H30N2O6S/c1-5-19(31-20-8-6-7-16(2)17(20)3)23(26)24-18-9-10-21(29-4)22(15-18)32(27,28)25-11-13-30-14-12-25/h6-10,15,19H,5,11-14H2,1-4H3,(H,24,26)/t19-/m0/s1. The van der Waals surface area contributed by atoms with Crippen LogP contribution in [0.15, 0.2) is 41.3 Å². The topological polar surface area (TPSA) is 94.2 Å². The van der Waals surface area contributed by atoms with Gasteiger partial charge in [0.15, 0.2) is 6.10 Å². The van der Waals surface area contributed by atoms with Crippen molar-refractivity contribution in [2.75, 3.05) is 38.7 Å². The number of rotatable bonds is 8. The number of methoxy groups -OCH3 is 1. The van der Waals surface area contributed by atoms with Crippen LogP contribution < -0.4 is 14.8 Å². The smallest absolute Gasteiger partial charge is 0.265 e. The van der Waals surface area contributed by atoms with Gasteiger partial charge in [0.2, 0.25) is 10.0 Å².